The van der Waals surface area contributed by atoms with E-state index in [9.17, 15) is 13.2 Å². The summed E-state index contributed by atoms with van der Waals surface area (Å²) in [7, 11) is -2.05. The molecule has 8 heteroatoms. The van der Waals surface area contributed by atoms with E-state index in [0.717, 1.165) is 5.56 Å². The van der Waals surface area contributed by atoms with Gasteiger partial charge in [0.1, 0.15) is 5.75 Å². The van der Waals surface area contributed by atoms with Gasteiger partial charge < -0.3 is 4.74 Å². The first-order valence-corrected chi connectivity index (χ1v) is 8.75. The van der Waals surface area contributed by atoms with E-state index in [0.29, 0.717) is 27.8 Å². The van der Waals surface area contributed by atoms with E-state index in [4.69, 9.17) is 9.88 Å². The molecule has 0 aliphatic rings. The van der Waals surface area contributed by atoms with Gasteiger partial charge in [-0.2, -0.15) is 5.10 Å². The maximum atomic E-state index is 12.0. The lowest BCUT2D eigenvalue weighted by atomic mass is 10.0. The molecule has 3 aromatic rings. The van der Waals surface area contributed by atoms with Crippen LogP contribution in [-0.2, 0) is 15.8 Å². The molecule has 1 heterocycles. The summed E-state index contributed by atoms with van der Waals surface area (Å²) in [6.45, 7) is 0. The summed E-state index contributed by atoms with van der Waals surface area (Å²) in [5.41, 5.74) is 1.61. The van der Waals surface area contributed by atoms with Crippen molar-refractivity contribution in [2.45, 2.75) is 5.75 Å². The first-order valence-electron chi connectivity index (χ1n) is 7.03. The lowest BCUT2D eigenvalue weighted by Gasteiger charge is -2.07. The summed E-state index contributed by atoms with van der Waals surface area (Å²) in [5.74, 6) is 0.346. The van der Waals surface area contributed by atoms with Gasteiger partial charge in [-0.15, -0.1) is 0 Å². The van der Waals surface area contributed by atoms with Gasteiger partial charge in [0.15, 0.2) is 0 Å². The van der Waals surface area contributed by atoms with Crippen molar-refractivity contribution in [1.29, 1.82) is 0 Å². The third kappa shape index (κ3) is 3.29. The van der Waals surface area contributed by atoms with Crippen LogP contribution in [0.5, 0.6) is 5.75 Å². The van der Waals surface area contributed by atoms with E-state index >= 15 is 0 Å². The van der Waals surface area contributed by atoms with Gasteiger partial charge in [-0.1, -0.05) is 24.3 Å². The summed E-state index contributed by atoms with van der Waals surface area (Å²) in [6, 6.07) is 12.0. The van der Waals surface area contributed by atoms with Crippen molar-refractivity contribution in [3.63, 3.8) is 0 Å². The molecule has 3 N–H and O–H groups in total. The first-order chi connectivity index (χ1) is 11.4. The molecule has 0 radical (unpaired) electrons. The fourth-order valence-electron chi connectivity index (χ4n) is 2.48. The van der Waals surface area contributed by atoms with Crippen LogP contribution < -0.4 is 15.4 Å². The molecule has 3 rings (SSSR count). The number of benzene rings is 2. The number of nitrogens with zero attached hydrogens (tertiary/aromatic N) is 1. The van der Waals surface area contributed by atoms with Gasteiger partial charge in [0.25, 0.3) is 5.56 Å². The molecule has 0 unspecified atom stereocenters. The fourth-order valence-corrected chi connectivity index (χ4v) is 3.14. The predicted molar refractivity (Wildman–Crippen MR) is 91.2 cm³/mol. The highest BCUT2D eigenvalue weighted by molar-refractivity contribution is 7.88. The monoisotopic (exact) mass is 345 g/mol. The highest BCUT2D eigenvalue weighted by Crippen LogP contribution is 2.27. The maximum Gasteiger partial charge on any atom is 0.272 e. The summed E-state index contributed by atoms with van der Waals surface area (Å²) in [6.07, 6.45) is 0. The van der Waals surface area contributed by atoms with E-state index in [-0.39, 0.29) is 11.3 Å². The molecule has 2 aromatic carbocycles. The zero-order valence-electron chi connectivity index (χ0n) is 12.8. The Morgan fingerprint density at radius 2 is 1.83 bits per heavy atom. The third-order valence-electron chi connectivity index (χ3n) is 3.59. The minimum Gasteiger partial charge on any atom is -0.497 e. The standard InChI is InChI=1S/C16H15N3O4S/c1-23-12-6-7-13-14(8-12)16(20)19-18-15(13)11-4-2-10(3-5-11)9-24(17,21)22/h2-8H,9H2,1H3,(H,19,20)(H2,17,21,22). The fraction of sp³-hybridized carbons (Fsp3) is 0.125. The Balaban J connectivity index is 2.09. The van der Waals surface area contributed by atoms with E-state index in [2.05, 4.69) is 10.2 Å². The minimum absolute atomic E-state index is 0.232. The van der Waals surface area contributed by atoms with Crippen molar-refractivity contribution < 1.29 is 13.2 Å². The number of hydrogen-bond donors (Lipinski definition) is 2. The second kappa shape index (κ2) is 6.06. The molecule has 24 heavy (non-hydrogen) atoms. The highest BCUT2D eigenvalue weighted by atomic mass is 32.2. The van der Waals surface area contributed by atoms with E-state index < -0.39 is 10.0 Å². The number of aromatic amines is 1. The number of primary sulfonamides is 1. The molecular weight excluding hydrogens is 330 g/mol. The minimum atomic E-state index is -3.58. The van der Waals surface area contributed by atoms with Crippen molar-refractivity contribution in [1.82, 2.24) is 10.2 Å². The van der Waals surface area contributed by atoms with Gasteiger partial charge in [-0.05, 0) is 23.8 Å². The zero-order chi connectivity index (χ0) is 17.3. The number of hydrogen-bond acceptors (Lipinski definition) is 5. The van der Waals surface area contributed by atoms with Crippen LogP contribution >= 0.6 is 0 Å². The van der Waals surface area contributed by atoms with Gasteiger partial charge in [0.2, 0.25) is 10.0 Å². The van der Waals surface area contributed by atoms with Crippen molar-refractivity contribution in [3.05, 3.63) is 58.4 Å². The molecule has 0 bridgehead atoms. The molecule has 0 atom stereocenters. The van der Waals surface area contributed by atoms with Crippen molar-refractivity contribution in [3.8, 4) is 17.0 Å². The normalized spacial score (nSPS) is 11.6. The number of methoxy groups -OCH3 is 1. The average molecular weight is 345 g/mol. The van der Waals surface area contributed by atoms with Crippen molar-refractivity contribution in [2.24, 2.45) is 5.14 Å². The van der Waals surface area contributed by atoms with E-state index in [1.807, 2.05) is 0 Å². The second-order valence-electron chi connectivity index (χ2n) is 5.32. The molecule has 0 spiro atoms. The Bertz CT molecular complexity index is 1060. The Hall–Kier alpha value is -2.71. The number of ether oxygens (including phenoxy) is 1. The number of aromatic nitrogens is 2. The Morgan fingerprint density at radius 1 is 1.12 bits per heavy atom. The van der Waals surface area contributed by atoms with Gasteiger partial charge in [-0.25, -0.2) is 18.7 Å². The molecule has 0 aliphatic heterocycles. The van der Waals surface area contributed by atoms with Crippen LogP contribution in [0, 0.1) is 0 Å². The zero-order valence-corrected chi connectivity index (χ0v) is 13.6. The maximum absolute atomic E-state index is 12.0. The predicted octanol–water partition coefficient (Wildman–Crippen LogP) is 1.39. The third-order valence-corrected chi connectivity index (χ3v) is 4.33. The van der Waals surface area contributed by atoms with Crippen LogP contribution in [0.3, 0.4) is 0 Å². The molecule has 0 saturated carbocycles. The Morgan fingerprint density at radius 3 is 2.46 bits per heavy atom. The highest BCUT2D eigenvalue weighted by Gasteiger charge is 2.11. The van der Waals surface area contributed by atoms with Crippen LogP contribution in [0.1, 0.15) is 5.56 Å². The number of rotatable bonds is 4. The van der Waals surface area contributed by atoms with Crippen LogP contribution in [0.15, 0.2) is 47.3 Å². The lowest BCUT2D eigenvalue weighted by Crippen LogP contribution is -2.14. The number of nitrogens with one attached hydrogen (secondary N) is 1. The Labute approximate surface area is 138 Å². The summed E-state index contributed by atoms with van der Waals surface area (Å²) in [5, 5.41) is 12.8. The SMILES string of the molecule is COc1ccc2c(-c3ccc(CS(N)(=O)=O)cc3)n[nH]c(=O)c2c1. The van der Waals surface area contributed by atoms with Crippen LogP contribution in [0.4, 0.5) is 0 Å². The van der Waals surface area contributed by atoms with Crippen molar-refractivity contribution in [2.75, 3.05) is 7.11 Å². The largest absolute Gasteiger partial charge is 0.497 e. The summed E-state index contributed by atoms with van der Waals surface area (Å²) >= 11 is 0. The second-order valence-corrected chi connectivity index (χ2v) is 6.93. The molecule has 0 amide bonds. The van der Waals surface area contributed by atoms with E-state index in [1.165, 1.54) is 7.11 Å². The number of sulfonamides is 1. The summed E-state index contributed by atoms with van der Waals surface area (Å²) in [4.78, 5) is 12.0. The van der Waals surface area contributed by atoms with Gasteiger partial charge in [-0.3, -0.25) is 4.79 Å². The van der Waals surface area contributed by atoms with E-state index in [1.54, 1.807) is 42.5 Å². The molecule has 1 aromatic heterocycles. The molecule has 0 fully saturated rings. The number of H-pyrrole nitrogens is 1. The van der Waals surface area contributed by atoms with Gasteiger partial charge in [0, 0.05) is 10.9 Å². The van der Waals surface area contributed by atoms with Crippen LogP contribution in [0.25, 0.3) is 22.0 Å². The van der Waals surface area contributed by atoms with Crippen LogP contribution in [-0.4, -0.2) is 25.7 Å². The first kappa shape index (κ1) is 16.2. The molecule has 7 nitrogen and oxygen atoms in total. The average Bonchev–Trinajstić information content (AvgIpc) is 2.54. The molecular formula is C16H15N3O4S. The Kier molecular flexibility index (Phi) is 4.08. The van der Waals surface area contributed by atoms with Crippen LogP contribution in [0.2, 0.25) is 0 Å². The topological polar surface area (TPSA) is 115 Å². The molecule has 0 saturated heterocycles. The summed E-state index contributed by atoms with van der Waals surface area (Å²) < 4.78 is 27.4. The smallest absolute Gasteiger partial charge is 0.272 e. The van der Waals surface area contributed by atoms with Gasteiger partial charge >= 0.3 is 0 Å². The number of fused-ring (bicyclic) bond motifs is 1. The van der Waals surface area contributed by atoms with Crippen molar-refractivity contribution >= 4 is 20.8 Å². The number of nitrogens with two attached hydrogens (primary N) is 1. The molecule has 124 valence electrons. The molecule has 0 aliphatic carbocycles. The van der Waals surface area contributed by atoms with Gasteiger partial charge in [0.05, 0.1) is 23.9 Å². The lowest BCUT2D eigenvalue weighted by molar-refractivity contribution is 0.415. The quantitative estimate of drug-likeness (QED) is 0.741.